The summed E-state index contributed by atoms with van der Waals surface area (Å²) in [7, 11) is 5.62. The first-order chi connectivity index (χ1) is 13.7. The molecule has 1 aromatic carbocycles. The second kappa shape index (κ2) is 9.94. The number of aliphatic imine (C=N–C) groups is 1. The number of rotatable bonds is 6. The number of anilines is 1. The normalized spacial score (nSPS) is 15.4. The van der Waals surface area contributed by atoms with E-state index in [0.29, 0.717) is 13.1 Å². The summed E-state index contributed by atoms with van der Waals surface area (Å²) in [6, 6.07) is 12.1. The molecule has 0 spiro atoms. The minimum atomic E-state index is 0.678. The maximum atomic E-state index is 5.20. The molecule has 150 valence electrons. The summed E-state index contributed by atoms with van der Waals surface area (Å²) >= 11 is 0. The van der Waals surface area contributed by atoms with Crippen molar-refractivity contribution in [3.63, 3.8) is 0 Å². The van der Waals surface area contributed by atoms with Crippen LogP contribution in [0.3, 0.4) is 0 Å². The Balaban J connectivity index is 1.56. The Kier molecular flexibility index (Phi) is 7.08. The molecule has 0 amide bonds. The van der Waals surface area contributed by atoms with Crippen LogP contribution >= 0.6 is 0 Å². The van der Waals surface area contributed by atoms with Crippen molar-refractivity contribution in [1.82, 2.24) is 20.5 Å². The summed E-state index contributed by atoms with van der Waals surface area (Å²) in [4.78, 5) is 13.7. The van der Waals surface area contributed by atoms with Crippen LogP contribution in [0.4, 0.5) is 5.82 Å². The quantitative estimate of drug-likeness (QED) is 0.586. The molecule has 1 fully saturated rings. The molecular formula is C21H30N6O. The lowest BCUT2D eigenvalue weighted by Crippen LogP contribution is -2.45. The van der Waals surface area contributed by atoms with Crippen LogP contribution in [0.15, 0.2) is 47.6 Å². The molecule has 1 saturated heterocycles. The fraction of sp³-hybridized carbons (Fsp3) is 0.429. The van der Waals surface area contributed by atoms with E-state index in [2.05, 4.69) is 43.5 Å². The highest BCUT2D eigenvalue weighted by Gasteiger charge is 2.17. The fourth-order valence-corrected chi connectivity index (χ4v) is 3.20. The molecule has 3 rings (SSSR count). The largest absolute Gasteiger partial charge is 0.497 e. The second-order valence-electron chi connectivity index (χ2n) is 6.90. The molecule has 0 saturated carbocycles. The number of nitrogens with zero attached hydrogens (tertiary/aromatic N) is 4. The zero-order valence-electron chi connectivity index (χ0n) is 17.0. The number of pyridine rings is 1. The van der Waals surface area contributed by atoms with E-state index in [4.69, 9.17) is 4.74 Å². The molecule has 28 heavy (non-hydrogen) atoms. The van der Waals surface area contributed by atoms with Crippen LogP contribution < -0.4 is 20.3 Å². The number of likely N-dealkylation sites (N-methyl/N-ethyl adjacent to an activating group) is 1. The standard InChI is InChI=1S/C21H30N6O/c1-22-21(24-15-17-6-8-19(28-3)9-7-17)25-16-18-5-4-10-23-20(18)27-13-11-26(2)12-14-27/h4-10H,11-16H2,1-3H3,(H2,22,24,25). The highest BCUT2D eigenvalue weighted by atomic mass is 16.5. The minimum Gasteiger partial charge on any atom is -0.497 e. The summed E-state index contributed by atoms with van der Waals surface area (Å²) in [5, 5.41) is 6.76. The lowest BCUT2D eigenvalue weighted by Gasteiger charge is -2.34. The first-order valence-electron chi connectivity index (χ1n) is 9.64. The number of methoxy groups -OCH3 is 1. The Morgan fingerprint density at radius 3 is 2.46 bits per heavy atom. The molecule has 2 heterocycles. The molecule has 0 aliphatic carbocycles. The summed E-state index contributed by atoms with van der Waals surface area (Å²) in [6.07, 6.45) is 1.87. The van der Waals surface area contributed by atoms with E-state index < -0.39 is 0 Å². The lowest BCUT2D eigenvalue weighted by molar-refractivity contribution is 0.312. The predicted octanol–water partition coefficient (Wildman–Crippen LogP) is 1.71. The van der Waals surface area contributed by atoms with E-state index in [-0.39, 0.29) is 0 Å². The molecule has 1 aliphatic rings. The monoisotopic (exact) mass is 382 g/mol. The summed E-state index contributed by atoms with van der Waals surface area (Å²) < 4.78 is 5.20. The zero-order chi connectivity index (χ0) is 19.8. The van der Waals surface area contributed by atoms with E-state index >= 15 is 0 Å². The fourth-order valence-electron chi connectivity index (χ4n) is 3.20. The average Bonchev–Trinajstić information content (AvgIpc) is 2.75. The Morgan fingerprint density at radius 1 is 1.07 bits per heavy atom. The molecule has 1 aromatic heterocycles. The van der Waals surface area contributed by atoms with E-state index in [9.17, 15) is 0 Å². The van der Waals surface area contributed by atoms with Gasteiger partial charge in [-0.15, -0.1) is 0 Å². The van der Waals surface area contributed by atoms with Gasteiger partial charge in [0.2, 0.25) is 0 Å². The minimum absolute atomic E-state index is 0.678. The number of guanidine groups is 1. The Bertz CT molecular complexity index is 769. The zero-order valence-corrected chi connectivity index (χ0v) is 17.0. The average molecular weight is 383 g/mol. The van der Waals surface area contributed by atoms with E-state index in [1.54, 1.807) is 14.2 Å². The van der Waals surface area contributed by atoms with Crippen LogP contribution in [-0.2, 0) is 13.1 Å². The molecule has 7 nitrogen and oxygen atoms in total. The topological polar surface area (TPSA) is 65.0 Å². The van der Waals surface area contributed by atoms with Crippen molar-refractivity contribution >= 4 is 11.8 Å². The van der Waals surface area contributed by atoms with Gasteiger partial charge in [0.05, 0.1) is 7.11 Å². The van der Waals surface area contributed by atoms with Crippen molar-refractivity contribution in [3.8, 4) is 5.75 Å². The Morgan fingerprint density at radius 2 is 1.79 bits per heavy atom. The van der Waals surface area contributed by atoms with E-state index in [0.717, 1.165) is 43.7 Å². The third-order valence-corrected chi connectivity index (χ3v) is 4.96. The van der Waals surface area contributed by atoms with Crippen LogP contribution in [0.1, 0.15) is 11.1 Å². The van der Waals surface area contributed by atoms with Crippen molar-refractivity contribution in [2.75, 3.05) is 52.3 Å². The third kappa shape index (κ3) is 5.36. The number of hydrogen-bond donors (Lipinski definition) is 2. The molecule has 2 N–H and O–H groups in total. The molecule has 1 aliphatic heterocycles. The molecule has 0 unspecified atom stereocenters. The maximum Gasteiger partial charge on any atom is 0.191 e. The molecule has 7 heteroatoms. The van der Waals surface area contributed by atoms with Gasteiger partial charge in [-0.3, -0.25) is 4.99 Å². The van der Waals surface area contributed by atoms with Crippen molar-refractivity contribution in [2.24, 2.45) is 4.99 Å². The molecule has 2 aromatic rings. The van der Waals surface area contributed by atoms with Crippen LogP contribution in [-0.4, -0.2) is 63.2 Å². The number of piperazine rings is 1. The van der Waals surface area contributed by atoms with Gasteiger partial charge in [-0.25, -0.2) is 4.98 Å². The predicted molar refractivity (Wildman–Crippen MR) is 114 cm³/mol. The van der Waals surface area contributed by atoms with Gasteiger partial charge in [0.25, 0.3) is 0 Å². The first-order valence-corrected chi connectivity index (χ1v) is 9.64. The first kappa shape index (κ1) is 19.9. The van der Waals surface area contributed by atoms with Gasteiger partial charge in [0.15, 0.2) is 5.96 Å². The molecule has 0 atom stereocenters. The Labute approximate surface area is 167 Å². The van der Waals surface area contributed by atoms with Crippen molar-refractivity contribution in [1.29, 1.82) is 0 Å². The summed E-state index contributed by atoms with van der Waals surface area (Å²) in [5.41, 5.74) is 2.35. The van der Waals surface area contributed by atoms with Crippen LogP contribution in [0.5, 0.6) is 5.75 Å². The number of nitrogens with one attached hydrogen (secondary N) is 2. The van der Waals surface area contributed by atoms with E-state index in [1.165, 1.54) is 11.1 Å². The molecular weight excluding hydrogens is 352 g/mol. The van der Waals surface area contributed by atoms with Gasteiger partial charge in [-0.05, 0) is 30.8 Å². The van der Waals surface area contributed by atoms with Gasteiger partial charge in [0.1, 0.15) is 11.6 Å². The van der Waals surface area contributed by atoms with Crippen molar-refractivity contribution in [2.45, 2.75) is 13.1 Å². The highest BCUT2D eigenvalue weighted by molar-refractivity contribution is 5.79. The van der Waals surface area contributed by atoms with Gasteiger partial charge < -0.3 is 25.2 Å². The van der Waals surface area contributed by atoms with Gasteiger partial charge in [-0.2, -0.15) is 0 Å². The second-order valence-corrected chi connectivity index (χ2v) is 6.90. The van der Waals surface area contributed by atoms with Crippen LogP contribution in [0.2, 0.25) is 0 Å². The van der Waals surface area contributed by atoms with Crippen LogP contribution in [0, 0.1) is 0 Å². The van der Waals surface area contributed by atoms with Crippen molar-refractivity contribution in [3.05, 3.63) is 53.7 Å². The number of benzene rings is 1. The summed E-state index contributed by atoms with van der Waals surface area (Å²) in [5.74, 6) is 2.69. The van der Waals surface area contributed by atoms with Crippen molar-refractivity contribution < 1.29 is 4.74 Å². The number of ether oxygens (including phenoxy) is 1. The molecule has 0 radical (unpaired) electrons. The summed E-state index contributed by atoms with van der Waals surface area (Å²) in [6.45, 7) is 5.51. The number of aromatic nitrogens is 1. The lowest BCUT2D eigenvalue weighted by atomic mass is 10.2. The third-order valence-electron chi connectivity index (χ3n) is 4.96. The van der Waals surface area contributed by atoms with Crippen LogP contribution in [0.25, 0.3) is 0 Å². The SMILES string of the molecule is CN=C(NCc1ccc(OC)cc1)NCc1cccnc1N1CCN(C)CC1. The Hall–Kier alpha value is -2.80. The van der Waals surface area contributed by atoms with Gasteiger partial charge in [0, 0.05) is 58.1 Å². The highest BCUT2D eigenvalue weighted by Crippen LogP contribution is 2.18. The van der Waals surface area contributed by atoms with Gasteiger partial charge >= 0.3 is 0 Å². The molecule has 0 bridgehead atoms. The number of hydrogen-bond acceptors (Lipinski definition) is 5. The smallest absolute Gasteiger partial charge is 0.191 e. The van der Waals surface area contributed by atoms with Gasteiger partial charge in [-0.1, -0.05) is 18.2 Å². The van der Waals surface area contributed by atoms with E-state index in [1.807, 2.05) is 36.5 Å². The maximum absolute atomic E-state index is 5.20.